The molecule has 2 aliphatic heterocycles. The highest BCUT2D eigenvalue weighted by atomic mass is 35.5. The number of amides is 1. The van der Waals surface area contributed by atoms with E-state index in [2.05, 4.69) is 0 Å². The fraction of sp³-hybridized carbons (Fsp3) is 0.308. The van der Waals surface area contributed by atoms with Crippen LogP contribution in [0.1, 0.15) is 11.1 Å². The molecule has 6 nitrogen and oxygen atoms in total. The van der Waals surface area contributed by atoms with Gasteiger partial charge >= 0.3 is 0 Å². The Morgan fingerprint density at radius 3 is 2.81 bits per heavy atom. The Balaban J connectivity index is 1.98. The number of aliphatic hydroxyl groups excluding tert-OH is 1. The molecule has 21 heavy (non-hydrogen) atoms. The smallest absolute Gasteiger partial charge is 0.259 e. The van der Waals surface area contributed by atoms with Crippen LogP contribution in [0.5, 0.6) is 0 Å². The number of rotatable bonds is 1. The molecule has 0 aromatic heterocycles. The van der Waals surface area contributed by atoms with Gasteiger partial charge in [-0.1, -0.05) is 11.6 Å². The number of halogens is 1. The van der Waals surface area contributed by atoms with Crippen LogP contribution < -0.4 is 4.31 Å². The van der Waals surface area contributed by atoms with Gasteiger partial charge in [-0.05, 0) is 24.6 Å². The molecule has 0 bridgehead atoms. The molecule has 2 atom stereocenters. The third-order valence-electron chi connectivity index (χ3n) is 3.59. The number of nitrogens with zero attached hydrogens (tertiary/aromatic N) is 3. The number of carbonyl (C=O) groups excluding carboxylic acids is 2. The molecule has 108 valence electrons. The molecular weight excluding hydrogens is 314 g/mol. The van der Waals surface area contributed by atoms with Crippen molar-refractivity contribution in [2.75, 3.05) is 10.8 Å². The fourth-order valence-corrected chi connectivity index (χ4v) is 3.80. The summed E-state index contributed by atoms with van der Waals surface area (Å²) in [5.74, 6) is -0.711. The lowest BCUT2D eigenvalue weighted by atomic mass is 10.1. The van der Waals surface area contributed by atoms with E-state index in [0.717, 1.165) is 12.1 Å². The van der Waals surface area contributed by atoms with Crippen molar-refractivity contribution in [3.05, 3.63) is 28.3 Å². The van der Waals surface area contributed by atoms with Crippen LogP contribution in [-0.4, -0.2) is 39.8 Å². The quantitative estimate of drug-likeness (QED) is 0.777. The monoisotopic (exact) mass is 323 g/mol. The van der Waals surface area contributed by atoms with Gasteiger partial charge in [-0.2, -0.15) is 5.26 Å². The zero-order valence-electron chi connectivity index (χ0n) is 10.9. The van der Waals surface area contributed by atoms with Crippen LogP contribution in [-0.2, 0) is 9.59 Å². The third kappa shape index (κ3) is 2.03. The van der Waals surface area contributed by atoms with E-state index in [0.29, 0.717) is 21.8 Å². The number of benzene rings is 1. The summed E-state index contributed by atoms with van der Waals surface area (Å²) in [5, 5.41) is 19.0. The second kappa shape index (κ2) is 5.00. The van der Waals surface area contributed by atoms with Gasteiger partial charge in [0.05, 0.1) is 22.8 Å². The molecule has 1 aromatic carbocycles. The molecule has 0 spiro atoms. The number of hydrogen-bond acceptors (Lipinski definition) is 6. The Labute approximate surface area is 130 Å². The summed E-state index contributed by atoms with van der Waals surface area (Å²) in [6.07, 6.45) is -1.29. The fourth-order valence-electron chi connectivity index (χ4n) is 2.43. The number of nitriles is 1. The summed E-state index contributed by atoms with van der Waals surface area (Å²) in [6.45, 7) is 1.75. The molecule has 8 heteroatoms. The number of anilines is 1. The first-order valence-corrected chi connectivity index (χ1v) is 7.25. The third-order valence-corrected chi connectivity index (χ3v) is 5.18. The van der Waals surface area contributed by atoms with Crippen LogP contribution >= 0.6 is 23.7 Å². The lowest BCUT2D eigenvalue weighted by molar-refractivity contribution is -0.128. The van der Waals surface area contributed by atoms with E-state index in [-0.39, 0.29) is 18.2 Å². The Bertz CT molecular complexity index is 703. The van der Waals surface area contributed by atoms with E-state index in [1.165, 1.54) is 4.31 Å². The molecule has 2 fully saturated rings. The van der Waals surface area contributed by atoms with Crippen molar-refractivity contribution in [1.82, 2.24) is 4.31 Å². The summed E-state index contributed by atoms with van der Waals surface area (Å²) in [5.41, 5.74) is 1.51. The first kappa shape index (κ1) is 14.4. The summed E-state index contributed by atoms with van der Waals surface area (Å²) in [4.78, 5) is 23.9. The summed E-state index contributed by atoms with van der Waals surface area (Å²) < 4.78 is 2.96. The van der Waals surface area contributed by atoms with Crippen molar-refractivity contribution < 1.29 is 14.7 Å². The minimum atomic E-state index is -1.29. The van der Waals surface area contributed by atoms with Gasteiger partial charge in [0.1, 0.15) is 18.2 Å². The molecule has 2 aliphatic rings. The van der Waals surface area contributed by atoms with Gasteiger partial charge in [0.2, 0.25) is 0 Å². The predicted molar refractivity (Wildman–Crippen MR) is 77.5 cm³/mol. The van der Waals surface area contributed by atoms with Crippen molar-refractivity contribution in [3.8, 4) is 6.07 Å². The Morgan fingerprint density at radius 2 is 2.19 bits per heavy atom. The lowest BCUT2D eigenvalue weighted by Gasteiger charge is -2.18. The molecule has 2 saturated heterocycles. The first-order valence-electron chi connectivity index (χ1n) is 6.14. The minimum Gasteiger partial charge on any atom is -0.383 e. The molecule has 1 amide bonds. The van der Waals surface area contributed by atoms with Gasteiger partial charge in [0.15, 0.2) is 5.78 Å². The zero-order valence-corrected chi connectivity index (χ0v) is 12.5. The number of aliphatic hydroxyl groups is 1. The Hall–Kier alpha value is -1.59. The number of hydrogen-bond donors (Lipinski definition) is 1. The largest absolute Gasteiger partial charge is 0.383 e. The van der Waals surface area contributed by atoms with Crippen molar-refractivity contribution in [2.24, 2.45) is 0 Å². The predicted octanol–water partition coefficient (Wildman–Crippen LogP) is 1.04. The Kier molecular flexibility index (Phi) is 3.42. The summed E-state index contributed by atoms with van der Waals surface area (Å²) >= 11 is 7.19. The Morgan fingerprint density at radius 1 is 1.48 bits per heavy atom. The number of ketones is 1. The van der Waals surface area contributed by atoms with Gasteiger partial charge in [-0.15, -0.1) is 0 Å². The normalized spacial score (nSPS) is 25.3. The van der Waals surface area contributed by atoms with Crippen LogP contribution in [0.2, 0.25) is 5.02 Å². The second-order valence-corrected chi connectivity index (χ2v) is 6.20. The van der Waals surface area contributed by atoms with Crippen molar-refractivity contribution in [2.45, 2.75) is 19.1 Å². The average molecular weight is 324 g/mol. The molecule has 0 unspecified atom stereocenters. The molecule has 0 aliphatic carbocycles. The van der Waals surface area contributed by atoms with Gasteiger partial charge < -0.3 is 5.11 Å². The zero-order chi connectivity index (χ0) is 15.3. The minimum absolute atomic E-state index is 0.0296. The van der Waals surface area contributed by atoms with Crippen molar-refractivity contribution >= 4 is 41.1 Å². The SMILES string of the molecule is Cc1c(N2SN3CC(=O)[C@H](O)[C@@H]3C2=O)ccc(C#N)c1Cl. The van der Waals surface area contributed by atoms with Crippen LogP contribution in [0.25, 0.3) is 0 Å². The maximum absolute atomic E-state index is 12.4. The van der Waals surface area contributed by atoms with Crippen LogP contribution in [0, 0.1) is 18.3 Å². The molecule has 1 N–H and O–H groups in total. The van der Waals surface area contributed by atoms with Gasteiger partial charge in [-0.25, -0.2) is 8.61 Å². The summed E-state index contributed by atoms with van der Waals surface area (Å²) in [7, 11) is 0. The van der Waals surface area contributed by atoms with Gasteiger partial charge in [0, 0.05) is 12.1 Å². The number of Topliss-reactive ketones (excluding diaryl/α,β-unsaturated/α-hetero) is 1. The molecule has 1 aromatic rings. The maximum atomic E-state index is 12.4. The van der Waals surface area contributed by atoms with E-state index in [4.69, 9.17) is 16.9 Å². The first-order chi connectivity index (χ1) is 9.95. The highest BCUT2D eigenvalue weighted by Gasteiger charge is 2.53. The van der Waals surface area contributed by atoms with Gasteiger partial charge in [-0.3, -0.25) is 9.59 Å². The summed E-state index contributed by atoms with van der Waals surface area (Å²) in [6, 6.07) is 4.32. The van der Waals surface area contributed by atoms with Crippen LogP contribution in [0.15, 0.2) is 12.1 Å². The highest BCUT2D eigenvalue weighted by molar-refractivity contribution is 7.99. The molecule has 2 heterocycles. The molecule has 0 saturated carbocycles. The van der Waals surface area contributed by atoms with E-state index in [1.54, 1.807) is 23.4 Å². The van der Waals surface area contributed by atoms with Gasteiger partial charge in [0.25, 0.3) is 5.91 Å². The molecule has 0 radical (unpaired) electrons. The number of fused-ring (bicyclic) bond motifs is 1. The van der Waals surface area contributed by atoms with Crippen molar-refractivity contribution in [1.29, 1.82) is 5.26 Å². The van der Waals surface area contributed by atoms with E-state index < -0.39 is 12.1 Å². The number of carbonyl (C=O) groups is 2. The average Bonchev–Trinajstić information content (AvgIpc) is 2.91. The maximum Gasteiger partial charge on any atom is 0.259 e. The second-order valence-electron chi connectivity index (χ2n) is 4.83. The lowest BCUT2D eigenvalue weighted by Crippen LogP contribution is -2.38. The van der Waals surface area contributed by atoms with Crippen LogP contribution in [0.3, 0.4) is 0 Å². The molecular formula is C13H10ClN3O3S. The topological polar surface area (TPSA) is 84.6 Å². The van der Waals surface area contributed by atoms with Crippen molar-refractivity contribution in [3.63, 3.8) is 0 Å². The highest BCUT2D eigenvalue weighted by Crippen LogP contribution is 2.42. The van der Waals surface area contributed by atoms with Crippen LogP contribution in [0.4, 0.5) is 5.69 Å². The van der Waals surface area contributed by atoms with E-state index >= 15 is 0 Å². The van der Waals surface area contributed by atoms with E-state index in [9.17, 15) is 14.7 Å². The van der Waals surface area contributed by atoms with E-state index in [1.807, 2.05) is 6.07 Å². The molecule has 3 rings (SSSR count). The standard InChI is InChI=1S/C13H10ClN3O3S/c1-6-8(3-2-7(4-15)10(6)14)17-13(20)11-12(19)9(18)5-16(11)21-17/h2-3,11-12,19H,5H2,1H3/t11-,12+/m1/s1.